The van der Waals surface area contributed by atoms with Crippen LogP contribution in [0.5, 0.6) is 0 Å². The lowest BCUT2D eigenvalue weighted by Crippen LogP contribution is -2.32. The van der Waals surface area contributed by atoms with Gasteiger partial charge in [0.1, 0.15) is 0 Å². The number of ketones is 1. The van der Waals surface area contributed by atoms with Crippen molar-refractivity contribution in [3.8, 4) is 11.3 Å². The summed E-state index contributed by atoms with van der Waals surface area (Å²) in [6.45, 7) is 1.90. The molecule has 5 atom stereocenters. The zero-order valence-electron chi connectivity index (χ0n) is 24.3. The normalized spacial score (nSPS) is 22.2. The molecule has 3 aliphatic rings. The molecule has 1 saturated carbocycles. The number of aryl methyl sites for hydroxylation is 1. The van der Waals surface area contributed by atoms with E-state index in [1.54, 1.807) is 60.7 Å². The molecular weight excluding hydrogens is 611 g/mol. The lowest BCUT2D eigenvalue weighted by atomic mass is 9.85. The molecule has 2 aliphatic carbocycles. The van der Waals surface area contributed by atoms with Gasteiger partial charge < -0.3 is 4.74 Å². The number of esters is 1. The molecule has 1 aromatic heterocycles. The van der Waals surface area contributed by atoms with Crippen LogP contribution in [-0.2, 0) is 14.3 Å². The van der Waals surface area contributed by atoms with Crippen LogP contribution in [-0.4, -0.2) is 40.5 Å². The van der Waals surface area contributed by atoms with Crippen molar-refractivity contribution in [3.63, 3.8) is 0 Å². The molecule has 7 rings (SSSR count). The van der Waals surface area contributed by atoms with Crippen molar-refractivity contribution in [2.45, 2.75) is 25.9 Å². The van der Waals surface area contributed by atoms with Crippen molar-refractivity contribution < 1.29 is 23.9 Å². The molecule has 2 heterocycles. The quantitative estimate of drug-likeness (QED) is 0.0665. The summed E-state index contributed by atoms with van der Waals surface area (Å²) >= 11 is 12.0. The van der Waals surface area contributed by atoms with Gasteiger partial charge in [0.2, 0.25) is 17.6 Å². The smallest absolute Gasteiger partial charge is 0.339 e. The molecule has 0 N–H and O–H groups in total. The summed E-state index contributed by atoms with van der Waals surface area (Å²) in [4.78, 5) is 59.8. The van der Waals surface area contributed by atoms with E-state index in [-0.39, 0.29) is 59.1 Å². The number of benzene rings is 3. The summed E-state index contributed by atoms with van der Waals surface area (Å²) in [5, 5.41) is 1.08. The van der Waals surface area contributed by atoms with Gasteiger partial charge in [0.05, 0.1) is 34.3 Å². The van der Waals surface area contributed by atoms with Gasteiger partial charge in [-0.2, -0.15) is 0 Å². The van der Waals surface area contributed by atoms with Crippen LogP contribution in [0.1, 0.15) is 39.1 Å². The maximum Gasteiger partial charge on any atom is 0.339 e. The summed E-state index contributed by atoms with van der Waals surface area (Å²) in [6.07, 6.45) is 4.07. The lowest BCUT2D eigenvalue weighted by molar-refractivity contribution is -0.123. The van der Waals surface area contributed by atoms with E-state index < -0.39 is 12.1 Å². The number of imide groups is 1. The number of anilines is 1. The highest BCUT2D eigenvalue weighted by atomic mass is 35.5. The Morgan fingerprint density at radius 1 is 0.956 bits per heavy atom. The minimum Gasteiger partial charge on any atom is -0.450 e. The molecule has 45 heavy (non-hydrogen) atoms. The van der Waals surface area contributed by atoms with Gasteiger partial charge in [-0.1, -0.05) is 54.1 Å². The van der Waals surface area contributed by atoms with Crippen molar-refractivity contribution in [2.75, 3.05) is 10.8 Å². The minimum absolute atomic E-state index is 0.117. The molecule has 2 fully saturated rings. The molecule has 1 saturated heterocycles. The van der Waals surface area contributed by atoms with E-state index in [1.807, 2.05) is 19.1 Å². The first-order valence-electron chi connectivity index (χ1n) is 14.9. The number of para-hydroxylation sites is 1. The molecule has 0 radical (unpaired) electrons. The van der Waals surface area contributed by atoms with Crippen molar-refractivity contribution >= 4 is 63.4 Å². The predicted molar refractivity (Wildman–Crippen MR) is 172 cm³/mol. The topological polar surface area (TPSA) is 93.6 Å². The van der Waals surface area contributed by atoms with Gasteiger partial charge in [0, 0.05) is 33.8 Å². The van der Waals surface area contributed by atoms with Crippen LogP contribution in [0.4, 0.5) is 5.69 Å². The van der Waals surface area contributed by atoms with E-state index >= 15 is 0 Å². The second kappa shape index (κ2) is 11.5. The fourth-order valence-electron chi connectivity index (χ4n) is 6.98. The van der Waals surface area contributed by atoms with E-state index in [0.29, 0.717) is 38.4 Å². The predicted octanol–water partition coefficient (Wildman–Crippen LogP) is 7.21. The largest absolute Gasteiger partial charge is 0.450 e. The molecule has 7 nitrogen and oxygen atoms in total. The van der Waals surface area contributed by atoms with E-state index in [2.05, 4.69) is 12.2 Å². The van der Waals surface area contributed by atoms with Gasteiger partial charge in [0.25, 0.3) is 0 Å². The summed E-state index contributed by atoms with van der Waals surface area (Å²) < 4.78 is 5.81. The van der Waals surface area contributed by atoms with Crippen LogP contribution in [0.25, 0.3) is 22.2 Å². The number of halogens is 2. The van der Waals surface area contributed by atoms with Crippen molar-refractivity contribution in [2.24, 2.45) is 23.7 Å². The maximum absolute atomic E-state index is 13.7. The lowest BCUT2D eigenvalue weighted by Gasteiger charge is -2.18. The standard InChI is InChI=1S/C36H28Cl2N2O5/c1-19-3-2-4-26-27(36(44)45-29(15-16-37)33(41)21-7-11-24(38)12-8-21)18-28(39-32(19)26)20-9-13-25(14-10-20)40-34(42)30-22-5-6-23(17-22)31(30)35(40)43/h2-14,18,22-23,29-31H,15-17H2,1H3. The van der Waals surface area contributed by atoms with Gasteiger partial charge in [0.15, 0.2) is 6.10 Å². The highest BCUT2D eigenvalue weighted by Crippen LogP contribution is 2.53. The number of rotatable bonds is 8. The third-order valence-electron chi connectivity index (χ3n) is 9.19. The Hall–Kier alpha value is -4.33. The number of amides is 2. The summed E-state index contributed by atoms with van der Waals surface area (Å²) in [6, 6.07) is 20.6. The number of pyridine rings is 1. The number of fused-ring (bicyclic) bond motifs is 6. The van der Waals surface area contributed by atoms with Crippen molar-refractivity contribution in [3.05, 3.63) is 107 Å². The van der Waals surface area contributed by atoms with Crippen LogP contribution < -0.4 is 4.90 Å². The minimum atomic E-state index is -1.09. The third-order valence-corrected chi connectivity index (χ3v) is 9.66. The van der Waals surface area contributed by atoms with Crippen molar-refractivity contribution in [1.29, 1.82) is 0 Å². The van der Waals surface area contributed by atoms with Gasteiger partial charge in [-0.25, -0.2) is 9.78 Å². The molecule has 3 aromatic carbocycles. The number of hydrogen-bond donors (Lipinski definition) is 0. The van der Waals surface area contributed by atoms with Gasteiger partial charge in [-0.3, -0.25) is 19.3 Å². The van der Waals surface area contributed by atoms with Crippen LogP contribution in [0.3, 0.4) is 0 Å². The van der Waals surface area contributed by atoms with Crippen LogP contribution in [0, 0.1) is 30.6 Å². The average molecular weight is 640 g/mol. The Morgan fingerprint density at radius 3 is 2.27 bits per heavy atom. The molecule has 2 bridgehead atoms. The molecule has 226 valence electrons. The highest BCUT2D eigenvalue weighted by Gasteiger charge is 2.59. The number of carbonyl (C=O) groups is 4. The molecule has 9 heteroatoms. The summed E-state index contributed by atoms with van der Waals surface area (Å²) in [5.41, 5.74) is 3.80. The first-order valence-corrected chi connectivity index (χ1v) is 15.8. The number of Topliss-reactive ketones (excluding diaryl/α,β-unsaturated/α-hetero) is 1. The first kappa shape index (κ1) is 29.4. The molecule has 5 unspecified atom stereocenters. The third kappa shape index (κ3) is 5.04. The number of aromatic nitrogens is 1. The molecule has 0 spiro atoms. The van der Waals surface area contributed by atoms with Gasteiger partial charge in [-0.15, -0.1) is 11.6 Å². The number of ether oxygens (including phenoxy) is 1. The number of alkyl halides is 1. The number of carbonyl (C=O) groups excluding carboxylic acids is 4. The first-order chi connectivity index (χ1) is 21.7. The van der Waals surface area contributed by atoms with E-state index in [4.69, 9.17) is 32.9 Å². The van der Waals surface area contributed by atoms with Gasteiger partial charge >= 0.3 is 5.97 Å². The molecule has 1 aliphatic heterocycles. The van der Waals surface area contributed by atoms with Crippen LogP contribution in [0.15, 0.2) is 84.9 Å². The Labute approximate surface area is 269 Å². The zero-order valence-corrected chi connectivity index (χ0v) is 25.8. The number of hydrogen-bond acceptors (Lipinski definition) is 6. The zero-order chi connectivity index (χ0) is 31.4. The van der Waals surface area contributed by atoms with Crippen molar-refractivity contribution in [1.82, 2.24) is 4.98 Å². The SMILES string of the molecule is Cc1cccc2c(C(=O)OC(CCCl)C(=O)c3ccc(Cl)cc3)cc(-c3ccc(N4C(=O)C5C6C=CC(C6)C5C4=O)cc3)nc12. The maximum atomic E-state index is 13.7. The second-order valence-electron chi connectivity index (χ2n) is 11.8. The number of nitrogens with zero attached hydrogens (tertiary/aromatic N) is 2. The Kier molecular flexibility index (Phi) is 7.54. The van der Waals surface area contributed by atoms with E-state index in [9.17, 15) is 19.2 Å². The number of allylic oxidation sites excluding steroid dienone is 2. The van der Waals surface area contributed by atoms with E-state index in [1.165, 1.54) is 4.90 Å². The molecular formula is C36H28Cl2N2O5. The Bertz CT molecular complexity index is 1870. The van der Waals surface area contributed by atoms with Crippen LogP contribution >= 0.6 is 23.2 Å². The summed E-state index contributed by atoms with van der Waals surface area (Å²) in [5.74, 6) is -1.50. The Balaban J connectivity index is 1.20. The fourth-order valence-corrected chi connectivity index (χ4v) is 7.31. The Morgan fingerprint density at radius 2 is 1.62 bits per heavy atom. The molecule has 4 aromatic rings. The fraction of sp³-hybridized carbons (Fsp3) is 0.250. The van der Waals surface area contributed by atoms with Crippen LogP contribution in [0.2, 0.25) is 5.02 Å². The second-order valence-corrected chi connectivity index (χ2v) is 12.6. The monoisotopic (exact) mass is 638 g/mol. The molecule has 2 amide bonds. The van der Waals surface area contributed by atoms with Gasteiger partial charge in [-0.05, 0) is 73.2 Å². The highest BCUT2D eigenvalue weighted by molar-refractivity contribution is 6.30. The summed E-state index contributed by atoms with van der Waals surface area (Å²) in [7, 11) is 0. The van der Waals surface area contributed by atoms with E-state index in [0.717, 1.165) is 12.0 Å². The average Bonchev–Trinajstić information content (AvgIpc) is 3.74.